The maximum absolute atomic E-state index is 13.4. The highest BCUT2D eigenvalue weighted by Gasteiger charge is 2.26. The number of ether oxygens (including phenoxy) is 1. The van der Waals surface area contributed by atoms with Gasteiger partial charge in [0.15, 0.2) is 0 Å². The number of carbonyl (C=O) groups excluding carboxylic acids is 1. The minimum atomic E-state index is -3.77. The predicted molar refractivity (Wildman–Crippen MR) is 111 cm³/mol. The number of carbonyl (C=O) groups is 1. The molecule has 4 aromatic rings. The van der Waals surface area contributed by atoms with E-state index in [-0.39, 0.29) is 22.3 Å². The molecule has 0 bridgehead atoms. The van der Waals surface area contributed by atoms with E-state index in [1.54, 1.807) is 30.3 Å². The van der Waals surface area contributed by atoms with Gasteiger partial charge in [0.1, 0.15) is 5.03 Å². The zero-order valence-corrected chi connectivity index (χ0v) is 16.6. The van der Waals surface area contributed by atoms with Gasteiger partial charge in [-0.15, -0.1) is 0 Å². The Morgan fingerprint density at radius 2 is 1.66 bits per heavy atom. The number of hydrogen-bond acceptors (Lipinski definition) is 4. The number of aromatic amines is 1. The second kappa shape index (κ2) is 7.56. The topological polar surface area (TPSA) is 76.2 Å². The second-order valence-corrected chi connectivity index (χ2v) is 8.53. The highest BCUT2D eigenvalue weighted by Crippen LogP contribution is 2.37. The van der Waals surface area contributed by atoms with Crippen molar-refractivity contribution >= 4 is 26.7 Å². The van der Waals surface area contributed by atoms with Gasteiger partial charge in [-0.3, -0.25) is 4.79 Å². The van der Waals surface area contributed by atoms with Gasteiger partial charge in [-0.25, -0.2) is 8.42 Å². The molecule has 0 saturated heterocycles. The lowest BCUT2D eigenvalue weighted by atomic mass is 10.0. The molecule has 146 valence electrons. The van der Waals surface area contributed by atoms with E-state index in [0.29, 0.717) is 5.56 Å². The van der Waals surface area contributed by atoms with E-state index in [1.165, 1.54) is 7.11 Å². The number of aromatic nitrogens is 1. The Hall–Kier alpha value is -3.38. The van der Waals surface area contributed by atoms with Crippen LogP contribution in [0.1, 0.15) is 5.56 Å². The summed E-state index contributed by atoms with van der Waals surface area (Å²) in [5.41, 5.74) is 2.80. The first kappa shape index (κ1) is 19.0. The van der Waals surface area contributed by atoms with Crippen LogP contribution < -0.4 is 0 Å². The molecule has 0 spiro atoms. The number of H-pyrrole nitrogens is 1. The van der Waals surface area contributed by atoms with Crippen LogP contribution in [0.5, 0.6) is 0 Å². The lowest BCUT2D eigenvalue weighted by Crippen LogP contribution is -2.05. The van der Waals surface area contributed by atoms with Crippen molar-refractivity contribution < 1.29 is 17.9 Å². The first-order chi connectivity index (χ1) is 14.0. The molecule has 3 aromatic carbocycles. The molecule has 0 atom stereocenters. The molecule has 1 aromatic heterocycles. The lowest BCUT2D eigenvalue weighted by Gasteiger charge is -2.09. The van der Waals surface area contributed by atoms with Crippen LogP contribution in [0.25, 0.3) is 22.0 Å². The third-order valence-corrected chi connectivity index (χ3v) is 6.52. The fourth-order valence-electron chi connectivity index (χ4n) is 3.40. The molecule has 0 aliphatic heterocycles. The third kappa shape index (κ3) is 3.54. The number of nitrogens with one attached hydrogen (secondary N) is 1. The van der Waals surface area contributed by atoms with E-state index in [0.717, 1.165) is 22.0 Å². The van der Waals surface area contributed by atoms with E-state index >= 15 is 0 Å². The Labute approximate surface area is 168 Å². The summed E-state index contributed by atoms with van der Waals surface area (Å²) in [6, 6.07) is 23.1. The van der Waals surface area contributed by atoms with Crippen molar-refractivity contribution in [2.75, 3.05) is 7.11 Å². The number of esters is 1. The first-order valence-corrected chi connectivity index (χ1v) is 10.6. The van der Waals surface area contributed by atoms with Crippen LogP contribution in [0, 0.1) is 0 Å². The van der Waals surface area contributed by atoms with Crippen LogP contribution in [0.15, 0.2) is 88.8 Å². The van der Waals surface area contributed by atoms with Crippen LogP contribution >= 0.6 is 0 Å². The predicted octanol–water partition coefficient (Wildman–Crippen LogP) is 4.38. The number of benzene rings is 3. The smallest absolute Gasteiger partial charge is 0.309 e. The average Bonchev–Trinajstić information content (AvgIpc) is 3.15. The zero-order chi connectivity index (χ0) is 20.4. The molecule has 0 amide bonds. The monoisotopic (exact) mass is 405 g/mol. The van der Waals surface area contributed by atoms with Gasteiger partial charge >= 0.3 is 5.97 Å². The molecular weight excluding hydrogens is 386 g/mol. The number of hydrogen-bond donors (Lipinski definition) is 1. The van der Waals surface area contributed by atoms with Gasteiger partial charge in [-0.2, -0.15) is 0 Å². The van der Waals surface area contributed by atoms with Gasteiger partial charge in [-0.1, -0.05) is 60.7 Å². The van der Waals surface area contributed by atoms with Crippen LogP contribution in [-0.2, 0) is 25.8 Å². The van der Waals surface area contributed by atoms with Gasteiger partial charge < -0.3 is 9.72 Å². The number of fused-ring (bicyclic) bond motifs is 1. The summed E-state index contributed by atoms with van der Waals surface area (Å²) in [6.45, 7) is 0. The van der Waals surface area contributed by atoms with Crippen molar-refractivity contribution in [2.24, 2.45) is 0 Å². The number of sulfone groups is 1. The number of para-hydroxylation sites is 1. The van der Waals surface area contributed by atoms with E-state index in [2.05, 4.69) is 4.98 Å². The fraction of sp³-hybridized carbons (Fsp3) is 0.0870. The highest BCUT2D eigenvalue weighted by atomic mass is 32.2. The largest absolute Gasteiger partial charge is 0.469 e. The minimum absolute atomic E-state index is 0.119. The van der Waals surface area contributed by atoms with Gasteiger partial charge in [0, 0.05) is 16.5 Å². The van der Waals surface area contributed by atoms with Crippen molar-refractivity contribution in [3.05, 3.63) is 84.4 Å². The molecule has 0 fully saturated rings. The van der Waals surface area contributed by atoms with E-state index in [9.17, 15) is 13.2 Å². The van der Waals surface area contributed by atoms with Gasteiger partial charge in [-0.05, 0) is 29.3 Å². The summed E-state index contributed by atoms with van der Waals surface area (Å²) in [5.74, 6) is -0.349. The van der Waals surface area contributed by atoms with Crippen LogP contribution in [0.3, 0.4) is 0 Å². The molecule has 5 nitrogen and oxygen atoms in total. The molecule has 0 radical (unpaired) electrons. The Morgan fingerprint density at radius 1 is 0.931 bits per heavy atom. The van der Waals surface area contributed by atoms with Crippen LogP contribution in [-0.4, -0.2) is 26.5 Å². The molecule has 1 heterocycles. The molecule has 0 unspecified atom stereocenters. The first-order valence-electron chi connectivity index (χ1n) is 9.07. The van der Waals surface area contributed by atoms with Gasteiger partial charge in [0.2, 0.25) is 9.84 Å². The molecule has 0 saturated carbocycles. The molecular formula is C23H19NO4S. The van der Waals surface area contributed by atoms with Crippen molar-refractivity contribution in [3.8, 4) is 11.1 Å². The normalized spacial score (nSPS) is 11.5. The zero-order valence-electron chi connectivity index (χ0n) is 15.8. The number of methoxy groups -OCH3 is 1. The van der Waals surface area contributed by atoms with Crippen molar-refractivity contribution in [1.29, 1.82) is 0 Å². The van der Waals surface area contributed by atoms with Crippen molar-refractivity contribution in [1.82, 2.24) is 4.98 Å². The molecule has 4 rings (SSSR count). The Balaban J connectivity index is 1.95. The molecule has 6 heteroatoms. The molecule has 1 N–H and O–H groups in total. The second-order valence-electron chi connectivity index (χ2n) is 6.64. The third-order valence-electron chi connectivity index (χ3n) is 4.79. The highest BCUT2D eigenvalue weighted by molar-refractivity contribution is 7.91. The van der Waals surface area contributed by atoms with E-state index < -0.39 is 9.84 Å². The summed E-state index contributed by atoms with van der Waals surface area (Å²) < 4.78 is 31.6. The summed E-state index contributed by atoms with van der Waals surface area (Å²) in [7, 11) is -2.42. The summed E-state index contributed by atoms with van der Waals surface area (Å²) in [4.78, 5) is 15.0. The maximum atomic E-state index is 13.4. The SMILES string of the molecule is COC(=O)Cc1cccc(-c2c(S(=O)(=O)c3ccccc3)[nH]c3ccccc23)c1. The standard InChI is InChI=1S/C23H19NO4S/c1-28-21(25)15-16-8-7-9-17(14-16)22-19-12-5-6-13-20(19)24-23(22)29(26,27)18-10-3-2-4-11-18/h2-14,24H,15H2,1H3. The van der Waals surface area contributed by atoms with E-state index in [4.69, 9.17) is 4.74 Å². The summed E-state index contributed by atoms with van der Waals surface area (Å²) >= 11 is 0. The molecule has 0 aliphatic carbocycles. The average molecular weight is 405 g/mol. The lowest BCUT2D eigenvalue weighted by molar-refractivity contribution is -0.139. The summed E-state index contributed by atoms with van der Waals surface area (Å²) in [5, 5.41) is 0.942. The molecule has 0 aliphatic rings. The van der Waals surface area contributed by atoms with Crippen molar-refractivity contribution in [2.45, 2.75) is 16.3 Å². The van der Waals surface area contributed by atoms with Gasteiger partial charge in [0.05, 0.1) is 18.4 Å². The van der Waals surface area contributed by atoms with Crippen LogP contribution in [0.4, 0.5) is 0 Å². The fourth-order valence-corrected chi connectivity index (χ4v) is 4.89. The van der Waals surface area contributed by atoms with Crippen LogP contribution in [0.2, 0.25) is 0 Å². The minimum Gasteiger partial charge on any atom is -0.469 e. The quantitative estimate of drug-likeness (QED) is 0.500. The van der Waals surface area contributed by atoms with Crippen molar-refractivity contribution in [3.63, 3.8) is 0 Å². The van der Waals surface area contributed by atoms with Gasteiger partial charge in [0.25, 0.3) is 0 Å². The summed E-state index contributed by atoms with van der Waals surface area (Å²) in [6.07, 6.45) is 0.119. The Bertz CT molecular complexity index is 1290. The molecule has 29 heavy (non-hydrogen) atoms. The number of rotatable bonds is 5. The Morgan fingerprint density at radius 3 is 2.41 bits per heavy atom. The van der Waals surface area contributed by atoms with E-state index in [1.807, 2.05) is 48.5 Å². The Kier molecular flexibility index (Phi) is 4.94. The maximum Gasteiger partial charge on any atom is 0.309 e.